The van der Waals surface area contributed by atoms with Crippen LogP contribution in [0.1, 0.15) is 16.7 Å². The van der Waals surface area contributed by atoms with Crippen molar-refractivity contribution >= 4 is 5.78 Å². The first-order valence-electron chi connectivity index (χ1n) is 7.22. The van der Waals surface area contributed by atoms with E-state index < -0.39 is 5.41 Å². The lowest BCUT2D eigenvalue weighted by molar-refractivity contribution is -0.117. The number of carbonyl (C=O) groups excluding carboxylic acids is 1. The highest BCUT2D eigenvalue weighted by molar-refractivity contribution is 6.00. The summed E-state index contributed by atoms with van der Waals surface area (Å²) in [6, 6.07) is 29.1. The van der Waals surface area contributed by atoms with Crippen molar-refractivity contribution in [3.8, 4) is 0 Å². The molecule has 0 aromatic heterocycles. The number of hydrogen-bond donors (Lipinski definition) is 0. The van der Waals surface area contributed by atoms with Crippen molar-refractivity contribution in [1.29, 1.82) is 0 Å². The smallest absolute Gasteiger partial charge is 0.156 e. The minimum absolute atomic E-state index is 0.379. The molecule has 0 saturated heterocycles. The maximum absolute atomic E-state index is 12.6. The van der Waals surface area contributed by atoms with Gasteiger partial charge in [-0.1, -0.05) is 91.0 Å². The van der Waals surface area contributed by atoms with Gasteiger partial charge in [-0.05, 0) is 16.7 Å². The van der Waals surface area contributed by atoms with Crippen molar-refractivity contribution in [2.24, 2.45) is 0 Å². The summed E-state index contributed by atoms with van der Waals surface area (Å²) in [5, 5.41) is 0. The molecular formula is C21H16O. The molecule has 3 aromatic rings. The quantitative estimate of drug-likeness (QED) is 0.653. The first-order valence-corrected chi connectivity index (χ1v) is 7.22. The van der Waals surface area contributed by atoms with Crippen LogP contribution >= 0.6 is 0 Å². The highest BCUT2D eigenvalue weighted by Gasteiger charge is 2.40. The third kappa shape index (κ3) is 2.25. The maximum Gasteiger partial charge on any atom is 0.156 e. The van der Waals surface area contributed by atoms with Gasteiger partial charge in [-0.15, -0.1) is 0 Å². The summed E-state index contributed by atoms with van der Waals surface area (Å²) < 4.78 is 0. The van der Waals surface area contributed by atoms with Gasteiger partial charge >= 0.3 is 0 Å². The molecule has 0 bridgehead atoms. The van der Waals surface area contributed by atoms with Gasteiger partial charge in [-0.2, -0.15) is 0 Å². The second-order valence-corrected chi connectivity index (χ2v) is 5.21. The third-order valence-corrected chi connectivity index (χ3v) is 3.99. The summed E-state index contributed by atoms with van der Waals surface area (Å²) in [6.07, 6.45) is 0. The second kappa shape index (κ2) is 5.98. The first kappa shape index (κ1) is 14.3. The van der Waals surface area contributed by atoms with Crippen molar-refractivity contribution in [3.05, 3.63) is 115 Å². The Morgan fingerprint density at radius 1 is 0.591 bits per heavy atom. The van der Waals surface area contributed by atoms with E-state index in [2.05, 4.69) is 0 Å². The van der Waals surface area contributed by atoms with Crippen LogP contribution in [0.3, 0.4) is 0 Å². The van der Waals surface area contributed by atoms with Gasteiger partial charge in [0.15, 0.2) is 5.78 Å². The number of hydrogen-bond acceptors (Lipinski definition) is 1. The Morgan fingerprint density at radius 2 is 0.864 bits per heavy atom. The molecule has 0 heterocycles. The standard InChI is InChI=1S/C21H16O/c1-17(22)21(18-11-5-2-6-12-18,19-13-7-3-8-14-19)20-15-9-4-10-16-20/h1-16H. The fraction of sp³-hybridized carbons (Fsp3) is 0.0476. The molecule has 0 fully saturated rings. The van der Waals surface area contributed by atoms with Crippen LogP contribution in [0.4, 0.5) is 0 Å². The van der Waals surface area contributed by atoms with Gasteiger partial charge in [0.25, 0.3) is 0 Å². The number of ketones is 1. The van der Waals surface area contributed by atoms with Crippen molar-refractivity contribution in [1.82, 2.24) is 0 Å². The number of benzene rings is 3. The highest BCUT2D eigenvalue weighted by Crippen LogP contribution is 2.39. The molecule has 0 aliphatic heterocycles. The van der Waals surface area contributed by atoms with Gasteiger partial charge in [0.05, 0.1) is 0 Å². The van der Waals surface area contributed by atoms with Gasteiger partial charge in [-0.3, -0.25) is 4.79 Å². The molecule has 0 aliphatic rings. The molecule has 22 heavy (non-hydrogen) atoms. The lowest BCUT2D eigenvalue weighted by Gasteiger charge is -2.33. The van der Waals surface area contributed by atoms with E-state index in [9.17, 15) is 4.79 Å². The van der Waals surface area contributed by atoms with Crippen LogP contribution in [0.25, 0.3) is 0 Å². The Balaban J connectivity index is 2.37. The summed E-state index contributed by atoms with van der Waals surface area (Å²) in [6.45, 7) is 5.93. The molecule has 3 rings (SSSR count). The van der Waals surface area contributed by atoms with Crippen LogP contribution in [0.2, 0.25) is 0 Å². The number of Topliss-reactive ketones (excluding diaryl/α,β-unsaturated/α-hetero) is 1. The summed E-state index contributed by atoms with van der Waals surface area (Å²) in [5.41, 5.74) is 1.64. The van der Waals surface area contributed by atoms with E-state index >= 15 is 0 Å². The fourth-order valence-electron chi connectivity index (χ4n) is 2.99. The Hall–Kier alpha value is -2.67. The predicted octanol–water partition coefficient (Wildman–Crippen LogP) is 4.30. The normalized spacial score (nSPS) is 11.1. The SMILES string of the molecule is [CH]C(=O)C(c1ccccc1)(c1ccccc1)c1ccccc1. The third-order valence-electron chi connectivity index (χ3n) is 3.99. The molecular weight excluding hydrogens is 268 g/mol. The average Bonchev–Trinajstić information content (AvgIpc) is 2.58. The lowest BCUT2D eigenvalue weighted by Crippen LogP contribution is -2.37. The predicted molar refractivity (Wildman–Crippen MR) is 88.5 cm³/mol. The van der Waals surface area contributed by atoms with Crippen LogP contribution in [-0.2, 0) is 10.2 Å². The Morgan fingerprint density at radius 3 is 1.09 bits per heavy atom. The summed E-state index contributed by atoms with van der Waals surface area (Å²) in [4.78, 5) is 12.6. The molecule has 106 valence electrons. The van der Waals surface area contributed by atoms with E-state index in [1.165, 1.54) is 0 Å². The van der Waals surface area contributed by atoms with Crippen LogP contribution in [0.5, 0.6) is 0 Å². The summed E-state index contributed by atoms with van der Waals surface area (Å²) in [7, 11) is 0. The van der Waals surface area contributed by atoms with Gasteiger partial charge in [0.2, 0.25) is 0 Å². The van der Waals surface area contributed by atoms with E-state index in [1.807, 2.05) is 91.0 Å². The zero-order valence-electron chi connectivity index (χ0n) is 12.1. The Bertz CT molecular complexity index is 649. The topological polar surface area (TPSA) is 17.1 Å². The molecule has 3 aromatic carbocycles. The number of carbonyl (C=O) groups is 1. The van der Waals surface area contributed by atoms with Crippen molar-refractivity contribution < 1.29 is 4.79 Å². The van der Waals surface area contributed by atoms with E-state index in [4.69, 9.17) is 6.92 Å². The van der Waals surface area contributed by atoms with E-state index in [0.717, 1.165) is 16.7 Å². The van der Waals surface area contributed by atoms with E-state index in [0.29, 0.717) is 0 Å². The monoisotopic (exact) mass is 284 g/mol. The van der Waals surface area contributed by atoms with Crippen molar-refractivity contribution in [2.45, 2.75) is 5.41 Å². The molecule has 1 heteroatoms. The highest BCUT2D eigenvalue weighted by atomic mass is 16.1. The summed E-state index contributed by atoms with van der Waals surface area (Å²) in [5.74, 6) is -0.379. The summed E-state index contributed by atoms with van der Waals surface area (Å²) >= 11 is 0. The van der Waals surface area contributed by atoms with Gasteiger partial charge < -0.3 is 0 Å². The fourth-order valence-corrected chi connectivity index (χ4v) is 2.99. The molecule has 0 spiro atoms. The number of rotatable bonds is 4. The zero-order chi connectivity index (χ0) is 15.4. The lowest BCUT2D eigenvalue weighted by atomic mass is 9.67. The van der Waals surface area contributed by atoms with Crippen LogP contribution in [-0.4, -0.2) is 5.78 Å². The largest absolute Gasteiger partial charge is 0.298 e. The molecule has 0 unspecified atom stereocenters. The van der Waals surface area contributed by atoms with Gasteiger partial charge in [0, 0.05) is 6.92 Å². The molecule has 0 saturated carbocycles. The van der Waals surface area contributed by atoms with Crippen molar-refractivity contribution in [2.75, 3.05) is 0 Å². The molecule has 0 aliphatic carbocycles. The molecule has 0 N–H and O–H groups in total. The minimum Gasteiger partial charge on any atom is -0.298 e. The maximum atomic E-state index is 12.6. The zero-order valence-corrected chi connectivity index (χ0v) is 12.1. The van der Waals surface area contributed by atoms with Crippen LogP contribution in [0, 0.1) is 6.92 Å². The van der Waals surface area contributed by atoms with Gasteiger partial charge in [0.1, 0.15) is 5.41 Å². The average molecular weight is 284 g/mol. The molecule has 0 atom stereocenters. The van der Waals surface area contributed by atoms with Crippen molar-refractivity contribution in [3.63, 3.8) is 0 Å². The second-order valence-electron chi connectivity index (χ2n) is 5.21. The van der Waals surface area contributed by atoms with Crippen LogP contribution in [0.15, 0.2) is 91.0 Å². The Kier molecular flexibility index (Phi) is 3.88. The van der Waals surface area contributed by atoms with E-state index in [-0.39, 0.29) is 5.78 Å². The molecule has 0 amide bonds. The molecule has 2 radical (unpaired) electrons. The van der Waals surface area contributed by atoms with Crippen LogP contribution < -0.4 is 0 Å². The molecule has 1 nitrogen and oxygen atoms in total. The first-order chi connectivity index (χ1) is 10.8. The minimum atomic E-state index is -0.982. The van der Waals surface area contributed by atoms with Gasteiger partial charge in [-0.25, -0.2) is 0 Å². The Labute approximate surface area is 131 Å². The van der Waals surface area contributed by atoms with E-state index in [1.54, 1.807) is 0 Å².